The van der Waals surface area contributed by atoms with Gasteiger partial charge in [0.1, 0.15) is 0 Å². The molecule has 0 aromatic heterocycles. The minimum Gasteiger partial charge on any atom is -1.00 e. The van der Waals surface area contributed by atoms with E-state index in [1.165, 1.54) is 0 Å². The van der Waals surface area contributed by atoms with E-state index in [2.05, 4.69) is 0 Å². The summed E-state index contributed by atoms with van der Waals surface area (Å²) in [5.74, 6) is 0.212. The van der Waals surface area contributed by atoms with Gasteiger partial charge < -0.3 is 28.5 Å². The van der Waals surface area contributed by atoms with Gasteiger partial charge in [0, 0.05) is 12.5 Å². The molecule has 84 valence electrons. The Balaban J connectivity index is 0.00000196. The van der Waals surface area contributed by atoms with Crippen LogP contribution < -0.4 is 24.0 Å². The van der Waals surface area contributed by atoms with Crippen LogP contribution in [-0.2, 0) is 4.79 Å². The summed E-state index contributed by atoms with van der Waals surface area (Å²) in [4.78, 5) is 11.6. The Bertz CT molecular complexity index is 316. The highest BCUT2D eigenvalue weighted by Gasteiger charge is 2.29. The molecular formula is C12H18INO. The number of rotatable bonds is 3. The van der Waals surface area contributed by atoms with Gasteiger partial charge in [-0.05, 0) is 0 Å². The summed E-state index contributed by atoms with van der Waals surface area (Å²) in [6.45, 7) is 1.65. The van der Waals surface area contributed by atoms with Gasteiger partial charge in [-0.15, -0.1) is 0 Å². The van der Waals surface area contributed by atoms with Gasteiger partial charge in [-0.3, -0.25) is 4.79 Å². The molecule has 2 nitrogen and oxygen atoms in total. The number of likely N-dealkylation sites (N-methyl/N-ethyl adjacent to an activating group) is 1. The molecule has 1 rings (SSSR count). The van der Waals surface area contributed by atoms with Crippen molar-refractivity contribution in [2.45, 2.75) is 13.0 Å². The Morgan fingerprint density at radius 1 is 1.13 bits per heavy atom. The van der Waals surface area contributed by atoms with Crippen LogP contribution >= 0.6 is 0 Å². The average molecular weight is 319 g/mol. The molecule has 1 atom stereocenters. The summed E-state index contributed by atoms with van der Waals surface area (Å²) in [6.07, 6.45) is 0. The maximum atomic E-state index is 11.6. The molecule has 0 saturated heterocycles. The molecule has 0 heterocycles. The van der Waals surface area contributed by atoms with E-state index in [4.69, 9.17) is 0 Å². The number of Topliss-reactive ketones (excluding diaryl/α,β-unsaturated/α-hetero) is 1. The highest BCUT2D eigenvalue weighted by molar-refractivity contribution is 5.81. The lowest BCUT2D eigenvalue weighted by molar-refractivity contribution is -0.892. The normalized spacial score (nSPS) is 12.8. The predicted molar refractivity (Wildman–Crippen MR) is 57.9 cm³/mol. The van der Waals surface area contributed by atoms with Gasteiger partial charge in [0.2, 0.25) is 0 Å². The number of benzene rings is 1. The van der Waals surface area contributed by atoms with E-state index in [-0.39, 0.29) is 35.8 Å². The largest absolute Gasteiger partial charge is 1.00 e. The van der Waals surface area contributed by atoms with Gasteiger partial charge in [0.25, 0.3) is 0 Å². The smallest absolute Gasteiger partial charge is 0.191 e. The third kappa shape index (κ3) is 3.91. The molecule has 0 radical (unpaired) electrons. The summed E-state index contributed by atoms with van der Waals surface area (Å²) in [5, 5.41) is 0. The highest BCUT2D eigenvalue weighted by atomic mass is 127. The number of hydrogen-bond donors (Lipinski definition) is 0. The van der Waals surface area contributed by atoms with Crippen molar-refractivity contribution in [2.75, 3.05) is 21.1 Å². The second kappa shape index (κ2) is 5.61. The zero-order chi connectivity index (χ0) is 10.8. The lowest BCUT2D eigenvalue weighted by Gasteiger charge is -2.32. The van der Waals surface area contributed by atoms with Crippen LogP contribution in [0.2, 0.25) is 0 Å². The van der Waals surface area contributed by atoms with Crippen LogP contribution in [0.5, 0.6) is 0 Å². The van der Waals surface area contributed by atoms with E-state index in [9.17, 15) is 4.79 Å². The van der Waals surface area contributed by atoms with Crippen molar-refractivity contribution < 1.29 is 33.3 Å². The molecule has 0 saturated carbocycles. The zero-order valence-electron chi connectivity index (χ0n) is 9.70. The van der Waals surface area contributed by atoms with Crippen LogP contribution in [-0.4, -0.2) is 31.4 Å². The minimum absolute atomic E-state index is 0. The van der Waals surface area contributed by atoms with Crippen molar-refractivity contribution in [1.82, 2.24) is 0 Å². The quantitative estimate of drug-likeness (QED) is 0.517. The Hall–Kier alpha value is -0.420. The SMILES string of the molecule is CC(=O)C(c1ccccc1)[N+](C)(C)C.[I-]. The Morgan fingerprint density at radius 2 is 1.60 bits per heavy atom. The molecule has 1 aromatic carbocycles. The van der Waals surface area contributed by atoms with Crippen molar-refractivity contribution in [3.8, 4) is 0 Å². The number of nitrogens with zero attached hydrogens (tertiary/aromatic N) is 1. The van der Waals surface area contributed by atoms with Crippen LogP contribution in [0.1, 0.15) is 18.5 Å². The van der Waals surface area contributed by atoms with Crippen molar-refractivity contribution in [3.05, 3.63) is 35.9 Å². The predicted octanol–water partition coefficient (Wildman–Crippen LogP) is -0.973. The molecule has 0 amide bonds. The molecule has 0 aliphatic rings. The first-order valence-corrected chi connectivity index (χ1v) is 4.79. The first kappa shape index (κ1) is 14.6. The van der Waals surface area contributed by atoms with Crippen molar-refractivity contribution in [1.29, 1.82) is 0 Å². The number of ketones is 1. The van der Waals surface area contributed by atoms with Crippen molar-refractivity contribution in [2.24, 2.45) is 0 Å². The molecule has 3 heteroatoms. The van der Waals surface area contributed by atoms with Crippen LogP contribution in [0, 0.1) is 0 Å². The van der Waals surface area contributed by atoms with E-state index in [0.717, 1.165) is 5.56 Å². The van der Waals surface area contributed by atoms with Crippen LogP contribution in [0.15, 0.2) is 30.3 Å². The first-order chi connectivity index (χ1) is 6.43. The second-order valence-corrected chi connectivity index (χ2v) is 4.54. The molecule has 0 spiro atoms. The summed E-state index contributed by atoms with van der Waals surface area (Å²) in [6, 6.07) is 9.87. The minimum atomic E-state index is -0.0591. The summed E-state index contributed by atoms with van der Waals surface area (Å²) in [7, 11) is 6.12. The summed E-state index contributed by atoms with van der Waals surface area (Å²) in [5.41, 5.74) is 1.09. The highest BCUT2D eigenvalue weighted by Crippen LogP contribution is 2.23. The Morgan fingerprint density at radius 3 is 1.93 bits per heavy atom. The molecule has 1 aromatic rings. The topological polar surface area (TPSA) is 17.1 Å². The molecule has 1 unspecified atom stereocenters. The first-order valence-electron chi connectivity index (χ1n) is 4.79. The number of carbonyl (C=O) groups excluding carboxylic acids is 1. The van der Waals surface area contributed by atoms with E-state index in [1.807, 2.05) is 51.5 Å². The molecular weight excluding hydrogens is 301 g/mol. The molecule has 0 aliphatic carbocycles. The maximum Gasteiger partial charge on any atom is 0.191 e. The summed E-state index contributed by atoms with van der Waals surface area (Å²) >= 11 is 0. The lowest BCUT2D eigenvalue weighted by Crippen LogP contribution is -3.00. The molecule has 0 N–H and O–H groups in total. The fourth-order valence-electron chi connectivity index (χ4n) is 1.86. The van der Waals surface area contributed by atoms with Gasteiger partial charge in [0.15, 0.2) is 11.8 Å². The van der Waals surface area contributed by atoms with Gasteiger partial charge in [-0.1, -0.05) is 30.3 Å². The third-order valence-electron chi connectivity index (χ3n) is 2.27. The molecule has 15 heavy (non-hydrogen) atoms. The Kier molecular flexibility index (Phi) is 5.45. The summed E-state index contributed by atoms with van der Waals surface area (Å²) < 4.78 is 0.638. The monoisotopic (exact) mass is 319 g/mol. The molecule has 0 fully saturated rings. The second-order valence-electron chi connectivity index (χ2n) is 4.54. The number of carbonyl (C=O) groups is 1. The van der Waals surface area contributed by atoms with Crippen molar-refractivity contribution >= 4 is 5.78 Å². The maximum absolute atomic E-state index is 11.6. The van der Waals surface area contributed by atoms with Crippen LogP contribution in [0.25, 0.3) is 0 Å². The van der Waals surface area contributed by atoms with E-state index >= 15 is 0 Å². The van der Waals surface area contributed by atoms with E-state index in [1.54, 1.807) is 6.92 Å². The van der Waals surface area contributed by atoms with Crippen LogP contribution in [0.3, 0.4) is 0 Å². The fourth-order valence-corrected chi connectivity index (χ4v) is 1.86. The lowest BCUT2D eigenvalue weighted by atomic mass is 10.0. The number of halogens is 1. The third-order valence-corrected chi connectivity index (χ3v) is 2.27. The van der Waals surface area contributed by atoms with Gasteiger partial charge in [-0.25, -0.2) is 0 Å². The average Bonchev–Trinajstić information content (AvgIpc) is 2.02. The van der Waals surface area contributed by atoms with Gasteiger partial charge >= 0.3 is 0 Å². The number of hydrogen-bond acceptors (Lipinski definition) is 1. The van der Waals surface area contributed by atoms with Gasteiger partial charge in [0.05, 0.1) is 21.1 Å². The van der Waals surface area contributed by atoms with Gasteiger partial charge in [-0.2, -0.15) is 0 Å². The van der Waals surface area contributed by atoms with E-state index < -0.39 is 0 Å². The molecule has 0 aliphatic heterocycles. The Labute approximate surface area is 109 Å². The van der Waals surface area contributed by atoms with Crippen LogP contribution in [0.4, 0.5) is 0 Å². The standard InChI is InChI=1S/C12H18NO.HI/c1-10(14)12(13(2,3)4)11-8-6-5-7-9-11;/h5-9,12H,1-4H3;1H/q+1;/p-1. The van der Waals surface area contributed by atoms with Crippen molar-refractivity contribution in [3.63, 3.8) is 0 Å². The molecule has 0 bridgehead atoms. The zero-order valence-corrected chi connectivity index (χ0v) is 11.9. The fraction of sp³-hybridized carbons (Fsp3) is 0.417. The van der Waals surface area contributed by atoms with E-state index in [0.29, 0.717) is 4.48 Å². The number of quaternary nitrogens is 1.